The molecule has 2 saturated heterocycles. The SMILES string of the molecule is CC1CCCCN1C1CCN(C(=O)OC(C)(C)C)CC1. The molecule has 1 unspecified atom stereocenters. The maximum atomic E-state index is 12.1. The molecule has 0 aromatic carbocycles. The highest BCUT2D eigenvalue weighted by Gasteiger charge is 2.31. The third-order valence-electron chi connectivity index (χ3n) is 4.44. The van der Waals surface area contributed by atoms with Crippen LogP contribution in [0.2, 0.25) is 0 Å². The third-order valence-corrected chi connectivity index (χ3v) is 4.44. The third kappa shape index (κ3) is 4.11. The lowest BCUT2D eigenvalue weighted by atomic mass is 9.96. The van der Waals surface area contributed by atoms with Gasteiger partial charge in [-0.1, -0.05) is 6.42 Å². The molecule has 1 amide bonds. The van der Waals surface area contributed by atoms with Crippen LogP contribution < -0.4 is 0 Å². The first kappa shape index (κ1) is 15.6. The maximum absolute atomic E-state index is 12.1. The Morgan fingerprint density at radius 2 is 1.70 bits per heavy atom. The fourth-order valence-electron chi connectivity index (χ4n) is 3.37. The summed E-state index contributed by atoms with van der Waals surface area (Å²) in [6, 6.07) is 1.37. The average Bonchev–Trinajstić information content (AvgIpc) is 2.37. The smallest absolute Gasteiger partial charge is 0.410 e. The summed E-state index contributed by atoms with van der Waals surface area (Å²) in [6.07, 6.45) is 6.05. The first-order valence-electron chi connectivity index (χ1n) is 8.10. The van der Waals surface area contributed by atoms with E-state index in [1.165, 1.54) is 25.8 Å². The van der Waals surface area contributed by atoms with E-state index in [0.717, 1.165) is 25.9 Å². The fourth-order valence-corrected chi connectivity index (χ4v) is 3.37. The number of carbonyl (C=O) groups excluding carboxylic acids is 1. The van der Waals surface area contributed by atoms with E-state index in [1.54, 1.807) is 0 Å². The van der Waals surface area contributed by atoms with Gasteiger partial charge < -0.3 is 9.64 Å². The van der Waals surface area contributed by atoms with Gasteiger partial charge in [-0.2, -0.15) is 0 Å². The van der Waals surface area contributed by atoms with Gasteiger partial charge in [0, 0.05) is 25.2 Å². The van der Waals surface area contributed by atoms with Crippen LogP contribution in [0.25, 0.3) is 0 Å². The van der Waals surface area contributed by atoms with Gasteiger partial charge in [-0.15, -0.1) is 0 Å². The molecule has 2 rings (SSSR count). The molecule has 0 spiro atoms. The molecular weight excluding hydrogens is 252 g/mol. The van der Waals surface area contributed by atoms with E-state index >= 15 is 0 Å². The molecule has 0 aliphatic carbocycles. The summed E-state index contributed by atoms with van der Waals surface area (Å²) < 4.78 is 5.45. The van der Waals surface area contributed by atoms with Gasteiger partial charge in [0.1, 0.15) is 5.60 Å². The van der Waals surface area contributed by atoms with Gasteiger partial charge in [-0.05, 0) is 59.9 Å². The van der Waals surface area contributed by atoms with Crippen LogP contribution in [0.1, 0.15) is 59.8 Å². The van der Waals surface area contributed by atoms with Crippen molar-refractivity contribution in [2.75, 3.05) is 19.6 Å². The highest BCUT2D eigenvalue weighted by atomic mass is 16.6. The van der Waals surface area contributed by atoms with Crippen LogP contribution in [-0.2, 0) is 4.74 Å². The molecule has 116 valence electrons. The minimum atomic E-state index is -0.394. The number of piperidine rings is 2. The first-order chi connectivity index (χ1) is 9.37. The number of likely N-dealkylation sites (tertiary alicyclic amines) is 2. The Hall–Kier alpha value is -0.770. The van der Waals surface area contributed by atoms with Crippen molar-refractivity contribution in [3.63, 3.8) is 0 Å². The van der Waals surface area contributed by atoms with Crippen LogP contribution in [0, 0.1) is 0 Å². The van der Waals surface area contributed by atoms with Crippen molar-refractivity contribution in [2.45, 2.75) is 77.5 Å². The van der Waals surface area contributed by atoms with E-state index in [0.29, 0.717) is 12.1 Å². The molecule has 0 radical (unpaired) electrons. The predicted octanol–water partition coefficient (Wildman–Crippen LogP) is 3.26. The molecule has 0 N–H and O–H groups in total. The number of hydrogen-bond acceptors (Lipinski definition) is 3. The lowest BCUT2D eigenvalue weighted by Gasteiger charge is -2.43. The molecule has 2 heterocycles. The van der Waals surface area contributed by atoms with Crippen LogP contribution >= 0.6 is 0 Å². The highest BCUT2D eigenvalue weighted by molar-refractivity contribution is 5.68. The molecule has 4 heteroatoms. The number of carbonyl (C=O) groups is 1. The van der Waals surface area contributed by atoms with Gasteiger partial charge in [-0.25, -0.2) is 4.79 Å². The average molecular weight is 282 g/mol. The largest absolute Gasteiger partial charge is 0.444 e. The summed E-state index contributed by atoms with van der Waals surface area (Å²) in [5.74, 6) is 0. The minimum Gasteiger partial charge on any atom is -0.444 e. The zero-order chi connectivity index (χ0) is 14.8. The quantitative estimate of drug-likeness (QED) is 0.740. The van der Waals surface area contributed by atoms with Crippen LogP contribution in [-0.4, -0.2) is 53.2 Å². The second kappa shape index (κ2) is 6.33. The van der Waals surface area contributed by atoms with Crippen LogP contribution in [0.3, 0.4) is 0 Å². The Morgan fingerprint density at radius 3 is 2.25 bits per heavy atom. The topological polar surface area (TPSA) is 32.8 Å². The molecule has 1 atom stereocenters. The van der Waals surface area contributed by atoms with E-state index in [-0.39, 0.29) is 6.09 Å². The zero-order valence-corrected chi connectivity index (χ0v) is 13.5. The number of ether oxygens (including phenoxy) is 1. The molecule has 0 aromatic heterocycles. The van der Waals surface area contributed by atoms with E-state index < -0.39 is 5.60 Å². The van der Waals surface area contributed by atoms with Crippen molar-refractivity contribution < 1.29 is 9.53 Å². The van der Waals surface area contributed by atoms with Gasteiger partial charge in [0.05, 0.1) is 0 Å². The highest BCUT2D eigenvalue weighted by Crippen LogP contribution is 2.25. The summed E-state index contributed by atoms with van der Waals surface area (Å²) in [7, 11) is 0. The Morgan fingerprint density at radius 1 is 1.05 bits per heavy atom. The summed E-state index contributed by atoms with van der Waals surface area (Å²) in [4.78, 5) is 16.6. The van der Waals surface area contributed by atoms with Gasteiger partial charge >= 0.3 is 6.09 Å². The maximum Gasteiger partial charge on any atom is 0.410 e. The molecule has 0 saturated carbocycles. The zero-order valence-electron chi connectivity index (χ0n) is 13.5. The molecule has 20 heavy (non-hydrogen) atoms. The van der Waals surface area contributed by atoms with Crippen LogP contribution in [0.15, 0.2) is 0 Å². The lowest BCUT2D eigenvalue weighted by molar-refractivity contribution is 0.00854. The number of amides is 1. The minimum absolute atomic E-state index is 0.150. The number of rotatable bonds is 1. The molecule has 2 aliphatic rings. The predicted molar refractivity (Wildman–Crippen MR) is 80.8 cm³/mol. The number of hydrogen-bond donors (Lipinski definition) is 0. The molecule has 0 aromatic rings. The molecule has 2 aliphatic heterocycles. The van der Waals surface area contributed by atoms with E-state index in [2.05, 4.69) is 11.8 Å². The second-order valence-electron chi connectivity index (χ2n) is 7.28. The van der Waals surface area contributed by atoms with Crippen molar-refractivity contribution in [3.05, 3.63) is 0 Å². The van der Waals surface area contributed by atoms with E-state index in [1.807, 2.05) is 25.7 Å². The standard InChI is InChI=1S/C16H30N2O2/c1-13-7-5-6-10-18(13)14-8-11-17(12-9-14)15(19)20-16(2,3)4/h13-14H,5-12H2,1-4H3. The van der Waals surface area contributed by atoms with Crippen molar-refractivity contribution in [2.24, 2.45) is 0 Å². The molecular formula is C16H30N2O2. The number of nitrogens with zero attached hydrogens (tertiary/aromatic N) is 2. The Kier molecular flexibility index (Phi) is 4.95. The Balaban J connectivity index is 1.81. The van der Waals surface area contributed by atoms with Crippen molar-refractivity contribution in [1.82, 2.24) is 9.80 Å². The van der Waals surface area contributed by atoms with E-state index in [9.17, 15) is 4.79 Å². The molecule has 2 fully saturated rings. The van der Waals surface area contributed by atoms with Crippen LogP contribution in [0.5, 0.6) is 0 Å². The first-order valence-corrected chi connectivity index (χ1v) is 8.10. The fraction of sp³-hybridized carbons (Fsp3) is 0.938. The van der Waals surface area contributed by atoms with Gasteiger partial charge in [-0.3, -0.25) is 4.90 Å². The summed E-state index contributed by atoms with van der Waals surface area (Å²) in [5, 5.41) is 0. The van der Waals surface area contributed by atoms with Crippen molar-refractivity contribution in [3.8, 4) is 0 Å². The summed E-state index contributed by atoms with van der Waals surface area (Å²) in [6.45, 7) is 11.0. The van der Waals surface area contributed by atoms with Crippen LogP contribution in [0.4, 0.5) is 4.79 Å². The normalized spacial score (nSPS) is 26.6. The van der Waals surface area contributed by atoms with Gasteiger partial charge in [0.2, 0.25) is 0 Å². The Bertz CT molecular complexity index is 330. The monoisotopic (exact) mass is 282 g/mol. The Labute approximate surface area is 123 Å². The van der Waals surface area contributed by atoms with Gasteiger partial charge in [0.15, 0.2) is 0 Å². The summed E-state index contributed by atoms with van der Waals surface area (Å²) in [5.41, 5.74) is -0.394. The molecule has 0 bridgehead atoms. The summed E-state index contributed by atoms with van der Waals surface area (Å²) >= 11 is 0. The van der Waals surface area contributed by atoms with E-state index in [4.69, 9.17) is 4.74 Å². The second-order valence-corrected chi connectivity index (χ2v) is 7.28. The van der Waals surface area contributed by atoms with Crippen molar-refractivity contribution >= 4 is 6.09 Å². The van der Waals surface area contributed by atoms with Crippen molar-refractivity contribution in [1.29, 1.82) is 0 Å². The van der Waals surface area contributed by atoms with Gasteiger partial charge in [0.25, 0.3) is 0 Å². The lowest BCUT2D eigenvalue weighted by Crippen LogP contribution is -2.51. The molecule has 4 nitrogen and oxygen atoms in total.